The minimum absolute atomic E-state index is 0.0000463. The Morgan fingerprint density at radius 3 is 2.45 bits per heavy atom. The van der Waals surface area contributed by atoms with E-state index in [1.165, 1.54) is 6.21 Å². The van der Waals surface area contributed by atoms with Crippen LogP contribution < -0.4 is 0 Å². The van der Waals surface area contributed by atoms with Gasteiger partial charge in [0.1, 0.15) is 0 Å². The predicted octanol–water partition coefficient (Wildman–Crippen LogP) is 1.63. The molecule has 2 unspecified atom stereocenters. The van der Waals surface area contributed by atoms with E-state index in [4.69, 9.17) is 5.21 Å². The van der Waals surface area contributed by atoms with Crippen molar-refractivity contribution in [2.24, 2.45) is 11.1 Å². The van der Waals surface area contributed by atoms with Crippen LogP contribution in [0.15, 0.2) is 5.16 Å². The summed E-state index contributed by atoms with van der Waals surface area (Å²) < 4.78 is 0. The van der Waals surface area contributed by atoms with Gasteiger partial charge < -0.3 is 10.3 Å². The van der Waals surface area contributed by atoms with Gasteiger partial charge in [0, 0.05) is 12.1 Å². The lowest BCUT2D eigenvalue weighted by Gasteiger charge is -2.15. The van der Waals surface area contributed by atoms with E-state index in [9.17, 15) is 5.11 Å². The minimum Gasteiger partial charge on any atom is -0.411 e. The van der Waals surface area contributed by atoms with Crippen molar-refractivity contribution in [3.8, 4) is 0 Å². The SMILES string of the molecule is CCCC(O)C(/C=N/O)CC. The Morgan fingerprint density at radius 1 is 1.45 bits per heavy atom. The Balaban J connectivity index is 3.80. The number of oxime groups is 1. The largest absolute Gasteiger partial charge is 0.411 e. The lowest BCUT2D eigenvalue weighted by Crippen LogP contribution is -2.20. The zero-order valence-electron chi connectivity index (χ0n) is 7.20. The Morgan fingerprint density at radius 2 is 2.09 bits per heavy atom. The highest BCUT2D eigenvalue weighted by Gasteiger charge is 2.13. The molecule has 0 bridgehead atoms. The van der Waals surface area contributed by atoms with E-state index in [1.54, 1.807) is 0 Å². The van der Waals surface area contributed by atoms with Gasteiger partial charge in [-0.3, -0.25) is 0 Å². The van der Waals surface area contributed by atoms with Crippen LogP contribution in [-0.2, 0) is 0 Å². The molecule has 0 aromatic rings. The van der Waals surface area contributed by atoms with Gasteiger partial charge in [-0.1, -0.05) is 20.3 Å². The molecular weight excluding hydrogens is 142 g/mol. The van der Waals surface area contributed by atoms with Gasteiger partial charge in [0.05, 0.1) is 6.10 Å². The first-order chi connectivity index (χ1) is 5.26. The third kappa shape index (κ3) is 3.98. The summed E-state index contributed by atoms with van der Waals surface area (Å²) in [6, 6.07) is 0. The van der Waals surface area contributed by atoms with Crippen LogP contribution >= 0.6 is 0 Å². The van der Waals surface area contributed by atoms with Gasteiger partial charge in [0.2, 0.25) is 0 Å². The molecule has 3 nitrogen and oxygen atoms in total. The van der Waals surface area contributed by atoms with Crippen LogP contribution in [-0.4, -0.2) is 22.6 Å². The molecule has 66 valence electrons. The quantitative estimate of drug-likeness (QED) is 0.364. The Kier molecular flexibility index (Phi) is 5.84. The van der Waals surface area contributed by atoms with E-state index in [1.807, 2.05) is 13.8 Å². The second-order valence-electron chi connectivity index (χ2n) is 2.69. The molecule has 0 radical (unpaired) electrons. The van der Waals surface area contributed by atoms with E-state index in [-0.39, 0.29) is 12.0 Å². The zero-order valence-corrected chi connectivity index (χ0v) is 7.20. The molecule has 0 saturated carbocycles. The molecule has 0 aliphatic heterocycles. The average molecular weight is 159 g/mol. The van der Waals surface area contributed by atoms with Gasteiger partial charge in [-0.05, 0) is 12.8 Å². The third-order valence-corrected chi connectivity index (χ3v) is 1.81. The summed E-state index contributed by atoms with van der Waals surface area (Å²) >= 11 is 0. The van der Waals surface area contributed by atoms with E-state index >= 15 is 0 Å². The van der Waals surface area contributed by atoms with Gasteiger partial charge in [0.25, 0.3) is 0 Å². The molecule has 0 fully saturated rings. The van der Waals surface area contributed by atoms with E-state index < -0.39 is 0 Å². The fraction of sp³-hybridized carbons (Fsp3) is 0.875. The molecule has 0 aromatic carbocycles. The zero-order chi connectivity index (χ0) is 8.69. The number of nitrogens with zero attached hydrogens (tertiary/aromatic N) is 1. The van der Waals surface area contributed by atoms with Crippen LogP contribution in [0.25, 0.3) is 0 Å². The number of aliphatic hydroxyl groups is 1. The molecule has 0 aromatic heterocycles. The van der Waals surface area contributed by atoms with Crippen molar-refractivity contribution in [2.75, 3.05) is 0 Å². The van der Waals surface area contributed by atoms with Crippen molar-refractivity contribution in [1.82, 2.24) is 0 Å². The summed E-state index contributed by atoms with van der Waals surface area (Å²) in [6.07, 6.45) is 3.58. The molecule has 0 saturated heterocycles. The molecule has 0 spiro atoms. The Bertz CT molecular complexity index is 115. The highest BCUT2D eigenvalue weighted by atomic mass is 16.4. The maximum Gasteiger partial charge on any atom is 0.0618 e. The van der Waals surface area contributed by atoms with Gasteiger partial charge in [-0.25, -0.2) is 0 Å². The van der Waals surface area contributed by atoms with Crippen molar-refractivity contribution in [3.63, 3.8) is 0 Å². The maximum absolute atomic E-state index is 9.44. The number of rotatable bonds is 5. The normalized spacial score (nSPS) is 17.0. The van der Waals surface area contributed by atoms with Crippen LogP contribution in [0.5, 0.6) is 0 Å². The Labute approximate surface area is 67.7 Å². The van der Waals surface area contributed by atoms with E-state index in [2.05, 4.69) is 5.16 Å². The third-order valence-electron chi connectivity index (χ3n) is 1.81. The molecule has 0 aliphatic rings. The van der Waals surface area contributed by atoms with Crippen molar-refractivity contribution in [1.29, 1.82) is 0 Å². The fourth-order valence-electron chi connectivity index (χ4n) is 1.07. The highest BCUT2D eigenvalue weighted by Crippen LogP contribution is 2.10. The van der Waals surface area contributed by atoms with Gasteiger partial charge in [-0.15, -0.1) is 5.16 Å². The van der Waals surface area contributed by atoms with Crippen molar-refractivity contribution in [2.45, 2.75) is 39.2 Å². The molecule has 11 heavy (non-hydrogen) atoms. The minimum atomic E-state index is -0.360. The van der Waals surface area contributed by atoms with E-state index in [0.29, 0.717) is 0 Å². The standard InChI is InChI=1S/C8H17NO2/c1-3-5-8(10)7(4-2)6-9-11/h6-8,10-11H,3-5H2,1-2H3/b9-6+. The Hall–Kier alpha value is -0.570. The summed E-state index contributed by atoms with van der Waals surface area (Å²) in [4.78, 5) is 0. The van der Waals surface area contributed by atoms with Gasteiger partial charge in [0.15, 0.2) is 0 Å². The summed E-state index contributed by atoms with van der Waals surface area (Å²) in [7, 11) is 0. The molecular formula is C8H17NO2. The molecule has 0 amide bonds. The molecule has 2 atom stereocenters. The highest BCUT2D eigenvalue weighted by molar-refractivity contribution is 5.60. The summed E-state index contributed by atoms with van der Waals surface area (Å²) in [6.45, 7) is 3.98. The first-order valence-electron chi connectivity index (χ1n) is 4.11. The molecule has 2 N–H and O–H groups in total. The summed E-state index contributed by atoms with van der Waals surface area (Å²) in [5, 5.41) is 20.6. The first kappa shape index (κ1) is 10.4. The average Bonchev–Trinajstić information content (AvgIpc) is 2.00. The number of hydrogen-bond donors (Lipinski definition) is 2. The smallest absolute Gasteiger partial charge is 0.0618 e. The lowest BCUT2D eigenvalue weighted by atomic mass is 9.97. The molecule has 0 rings (SSSR count). The van der Waals surface area contributed by atoms with Crippen molar-refractivity contribution in [3.05, 3.63) is 0 Å². The predicted molar refractivity (Wildman–Crippen MR) is 45.0 cm³/mol. The van der Waals surface area contributed by atoms with Gasteiger partial charge in [-0.2, -0.15) is 0 Å². The van der Waals surface area contributed by atoms with Crippen molar-refractivity contribution < 1.29 is 10.3 Å². The molecule has 0 aliphatic carbocycles. The van der Waals surface area contributed by atoms with Crippen molar-refractivity contribution >= 4 is 6.21 Å². The van der Waals surface area contributed by atoms with Crippen LogP contribution in [0.4, 0.5) is 0 Å². The monoisotopic (exact) mass is 159 g/mol. The summed E-state index contributed by atoms with van der Waals surface area (Å²) in [5.41, 5.74) is 0. The first-order valence-corrected chi connectivity index (χ1v) is 4.11. The van der Waals surface area contributed by atoms with Crippen LogP contribution in [0.1, 0.15) is 33.1 Å². The lowest BCUT2D eigenvalue weighted by molar-refractivity contribution is 0.126. The maximum atomic E-state index is 9.44. The second kappa shape index (κ2) is 6.16. The van der Waals surface area contributed by atoms with E-state index in [0.717, 1.165) is 19.3 Å². The summed E-state index contributed by atoms with van der Waals surface area (Å²) in [5.74, 6) is -0.0000463. The molecule has 0 heterocycles. The topological polar surface area (TPSA) is 52.8 Å². The van der Waals surface area contributed by atoms with Crippen LogP contribution in [0, 0.1) is 5.92 Å². The second-order valence-corrected chi connectivity index (χ2v) is 2.69. The number of hydrogen-bond acceptors (Lipinski definition) is 3. The van der Waals surface area contributed by atoms with Gasteiger partial charge >= 0.3 is 0 Å². The fourth-order valence-corrected chi connectivity index (χ4v) is 1.07. The number of aliphatic hydroxyl groups excluding tert-OH is 1. The van der Waals surface area contributed by atoms with Crippen LogP contribution in [0.2, 0.25) is 0 Å². The molecule has 3 heteroatoms. The van der Waals surface area contributed by atoms with Crippen LogP contribution in [0.3, 0.4) is 0 Å².